The molecule has 0 saturated heterocycles. The van der Waals surface area contributed by atoms with Crippen LogP contribution in [0.15, 0.2) is 42.5 Å². The number of benzene rings is 2. The summed E-state index contributed by atoms with van der Waals surface area (Å²) in [6.45, 7) is 0.142. The zero-order valence-corrected chi connectivity index (χ0v) is 13.7. The van der Waals surface area contributed by atoms with Gasteiger partial charge in [-0.15, -0.1) is 0 Å². The molecule has 2 rings (SSSR count). The van der Waals surface area contributed by atoms with Crippen molar-refractivity contribution in [2.45, 2.75) is 6.61 Å². The SMILES string of the molecule is COc1cc(/C=C/C(=O)Cl)cc(Cl)c1OCc1cccc(F)c1. The molecule has 2 aromatic carbocycles. The van der Waals surface area contributed by atoms with E-state index in [9.17, 15) is 9.18 Å². The summed E-state index contributed by atoms with van der Waals surface area (Å²) in [5, 5.41) is -0.283. The van der Waals surface area contributed by atoms with Crippen molar-refractivity contribution < 1.29 is 18.7 Å². The second-order valence-corrected chi connectivity index (χ2v) is 5.37. The van der Waals surface area contributed by atoms with Crippen LogP contribution in [0.2, 0.25) is 5.02 Å². The van der Waals surface area contributed by atoms with E-state index in [4.69, 9.17) is 32.7 Å². The molecule has 0 atom stereocenters. The summed E-state index contributed by atoms with van der Waals surface area (Å²) in [5.41, 5.74) is 1.30. The zero-order chi connectivity index (χ0) is 16.8. The van der Waals surface area contributed by atoms with Gasteiger partial charge in [0.2, 0.25) is 5.24 Å². The minimum absolute atomic E-state index is 0.142. The van der Waals surface area contributed by atoms with Gasteiger partial charge in [-0.2, -0.15) is 0 Å². The highest BCUT2D eigenvalue weighted by Gasteiger charge is 2.12. The van der Waals surface area contributed by atoms with E-state index in [1.54, 1.807) is 24.3 Å². The molecule has 0 amide bonds. The molecule has 0 fully saturated rings. The first kappa shape index (κ1) is 17.3. The van der Waals surface area contributed by atoms with E-state index in [0.29, 0.717) is 27.6 Å². The minimum atomic E-state index is -0.591. The third kappa shape index (κ3) is 4.98. The molecule has 0 radical (unpaired) electrons. The van der Waals surface area contributed by atoms with Crippen LogP contribution in [-0.4, -0.2) is 12.4 Å². The van der Waals surface area contributed by atoms with Crippen molar-refractivity contribution in [3.63, 3.8) is 0 Å². The Bertz CT molecular complexity index is 745. The number of halogens is 3. The van der Waals surface area contributed by atoms with Crippen molar-refractivity contribution in [1.82, 2.24) is 0 Å². The molecular weight excluding hydrogens is 342 g/mol. The highest BCUT2D eigenvalue weighted by atomic mass is 35.5. The van der Waals surface area contributed by atoms with Crippen LogP contribution in [0.5, 0.6) is 11.5 Å². The van der Waals surface area contributed by atoms with Gasteiger partial charge in [0.05, 0.1) is 12.1 Å². The third-order valence-electron chi connectivity index (χ3n) is 2.93. The predicted molar refractivity (Wildman–Crippen MR) is 88.6 cm³/mol. The Morgan fingerprint density at radius 3 is 2.74 bits per heavy atom. The number of hydrogen-bond acceptors (Lipinski definition) is 3. The van der Waals surface area contributed by atoms with Crippen LogP contribution >= 0.6 is 23.2 Å². The molecule has 0 aliphatic heterocycles. The predicted octanol–water partition coefficient (Wildman–Crippen LogP) is 4.85. The number of carbonyl (C=O) groups excluding carboxylic acids is 1. The molecule has 0 aliphatic rings. The fourth-order valence-corrected chi connectivity index (χ4v) is 2.26. The number of rotatable bonds is 6. The van der Waals surface area contributed by atoms with E-state index < -0.39 is 5.24 Å². The van der Waals surface area contributed by atoms with E-state index in [0.717, 1.165) is 0 Å². The molecule has 3 nitrogen and oxygen atoms in total. The monoisotopic (exact) mass is 354 g/mol. The van der Waals surface area contributed by atoms with E-state index in [2.05, 4.69) is 0 Å². The normalized spacial score (nSPS) is 10.8. The molecule has 0 aromatic heterocycles. The molecule has 2 aromatic rings. The van der Waals surface area contributed by atoms with Crippen molar-refractivity contribution in [2.24, 2.45) is 0 Å². The summed E-state index contributed by atoms with van der Waals surface area (Å²) in [6.07, 6.45) is 2.72. The maximum Gasteiger partial charge on any atom is 0.245 e. The summed E-state index contributed by atoms with van der Waals surface area (Å²) in [6, 6.07) is 9.35. The zero-order valence-electron chi connectivity index (χ0n) is 12.2. The summed E-state index contributed by atoms with van der Waals surface area (Å²) in [7, 11) is 1.47. The van der Waals surface area contributed by atoms with Gasteiger partial charge in [0.25, 0.3) is 0 Å². The topological polar surface area (TPSA) is 35.5 Å². The van der Waals surface area contributed by atoms with Gasteiger partial charge in [-0.3, -0.25) is 4.79 Å². The van der Waals surface area contributed by atoms with Gasteiger partial charge in [0.15, 0.2) is 11.5 Å². The smallest absolute Gasteiger partial charge is 0.245 e. The first-order valence-corrected chi connectivity index (χ1v) is 7.37. The second-order valence-electron chi connectivity index (χ2n) is 4.59. The molecule has 0 saturated carbocycles. The Morgan fingerprint density at radius 1 is 1.30 bits per heavy atom. The van der Waals surface area contributed by atoms with Gasteiger partial charge in [-0.05, 0) is 59.1 Å². The first-order valence-electron chi connectivity index (χ1n) is 6.62. The van der Waals surface area contributed by atoms with E-state index in [1.807, 2.05) is 0 Å². The number of carbonyl (C=O) groups is 1. The van der Waals surface area contributed by atoms with Gasteiger partial charge in [-0.25, -0.2) is 4.39 Å². The number of allylic oxidation sites excluding steroid dienone is 1. The van der Waals surface area contributed by atoms with Crippen LogP contribution in [0.4, 0.5) is 4.39 Å². The van der Waals surface area contributed by atoms with Crippen LogP contribution in [-0.2, 0) is 11.4 Å². The average molecular weight is 355 g/mol. The van der Waals surface area contributed by atoms with Gasteiger partial charge in [-0.1, -0.05) is 23.7 Å². The van der Waals surface area contributed by atoms with Gasteiger partial charge < -0.3 is 9.47 Å². The molecule has 0 aliphatic carbocycles. The number of ether oxygens (including phenoxy) is 2. The van der Waals surface area contributed by atoms with Crippen LogP contribution < -0.4 is 9.47 Å². The largest absolute Gasteiger partial charge is 0.493 e. The Morgan fingerprint density at radius 2 is 2.09 bits per heavy atom. The maximum absolute atomic E-state index is 13.2. The molecule has 0 spiro atoms. The summed E-state index contributed by atoms with van der Waals surface area (Å²) < 4.78 is 24.1. The van der Waals surface area contributed by atoms with E-state index >= 15 is 0 Å². The maximum atomic E-state index is 13.2. The molecule has 0 unspecified atom stereocenters. The second kappa shape index (κ2) is 7.99. The standard InChI is InChI=1S/C17H13Cl2FO3/c1-22-15-9-11(5-6-16(19)21)8-14(18)17(15)23-10-12-3-2-4-13(20)7-12/h2-9H,10H2,1H3/b6-5+. The van der Waals surface area contributed by atoms with E-state index in [-0.39, 0.29) is 12.4 Å². The first-order chi connectivity index (χ1) is 11.0. The van der Waals surface area contributed by atoms with Gasteiger partial charge in [0.1, 0.15) is 12.4 Å². The lowest BCUT2D eigenvalue weighted by atomic mass is 10.2. The highest BCUT2D eigenvalue weighted by Crippen LogP contribution is 2.37. The number of hydrogen-bond donors (Lipinski definition) is 0. The van der Waals surface area contributed by atoms with Crippen molar-refractivity contribution in [3.8, 4) is 11.5 Å². The average Bonchev–Trinajstić information content (AvgIpc) is 2.51. The summed E-state index contributed by atoms with van der Waals surface area (Å²) >= 11 is 11.5. The molecule has 0 heterocycles. The minimum Gasteiger partial charge on any atom is -0.493 e. The van der Waals surface area contributed by atoms with E-state index in [1.165, 1.54) is 31.4 Å². The quantitative estimate of drug-likeness (QED) is 0.549. The van der Waals surface area contributed by atoms with Crippen LogP contribution in [0.25, 0.3) is 6.08 Å². The van der Waals surface area contributed by atoms with Crippen molar-refractivity contribution in [1.29, 1.82) is 0 Å². The Labute approximate surface area is 143 Å². The van der Waals surface area contributed by atoms with Crippen molar-refractivity contribution in [2.75, 3.05) is 7.11 Å². The fourth-order valence-electron chi connectivity index (χ4n) is 1.92. The Hall–Kier alpha value is -2.04. The van der Waals surface area contributed by atoms with Crippen LogP contribution in [0.1, 0.15) is 11.1 Å². The molecule has 23 heavy (non-hydrogen) atoms. The number of methoxy groups -OCH3 is 1. The lowest BCUT2D eigenvalue weighted by Gasteiger charge is -2.13. The third-order valence-corrected chi connectivity index (χ3v) is 3.34. The Kier molecular flexibility index (Phi) is 6.02. The molecule has 0 N–H and O–H groups in total. The van der Waals surface area contributed by atoms with Crippen LogP contribution in [0.3, 0.4) is 0 Å². The lowest BCUT2D eigenvalue weighted by molar-refractivity contribution is -0.107. The fraction of sp³-hybridized carbons (Fsp3) is 0.118. The van der Waals surface area contributed by atoms with Crippen LogP contribution in [0, 0.1) is 5.82 Å². The molecule has 0 bridgehead atoms. The van der Waals surface area contributed by atoms with Crippen molar-refractivity contribution >= 4 is 34.5 Å². The van der Waals surface area contributed by atoms with Gasteiger partial charge in [0, 0.05) is 0 Å². The summed E-state index contributed by atoms with van der Waals surface area (Å²) in [5.74, 6) is 0.402. The van der Waals surface area contributed by atoms with Gasteiger partial charge >= 0.3 is 0 Å². The molecular formula is C17H13Cl2FO3. The summed E-state index contributed by atoms with van der Waals surface area (Å²) in [4.78, 5) is 10.8. The highest BCUT2D eigenvalue weighted by molar-refractivity contribution is 6.66. The lowest BCUT2D eigenvalue weighted by Crippen LogP contribution is -1.99. The Balaban J connectivity index is 2.22. The van der Waals surface area contributed by atoms with Crippen molar-refractivity contribution in [3.05, 3.63) is 64.4 Å². The molecule has 120 valence electrons. The molecule has 6 heteroatoms.